The Morgan fingerprint density at radius 2 is 1.74 bits per heavy atom. The molecule has 0 saturated carbocycles. The number of amides is 1. The third kappa shape index (κ3) is 4.71. The van der Waals surface area contributed by atoms with Crippen LogP contribution in [0.25, 0.3) is 5.76 Å². The van der Waals surface area contributed by atoms with Gasteiger partial charge in [0, 0.05) is 24.5 Å². The maximum absolute atomic E-state index is 13.2. The number of aryl methyl sites for hydroxylation is 1. The first-order chi connectivity index (χ1) is 16.5. The molecule has 1 fully saturated rings. The number of aliphatic hydroxyl groups excluding tert-OH is 1. The van der Waals surface area contributed by atoms with Crippen molar-refractivity contribution < 1.29 is 19.4 Å². The summed E-state index contributed by atoms with van der Waals surface area (Å²) in [7, 11) is 0. The molecule has 0 radical (unpaired) electrons. The van der Waals surface area contributed by atoms with Gasteiger partial charge in [0.2, 0.25) is 0 Å². The van der Waals surface area contributed by atoms with Crippen molar-refractivity contribution in [2.24, 2.45) is 0 Å². The van der Waals surface area contributed by atoms with Crippen LogP contribution >= 0.6 is 0 Å². The molecule has 6 heteroatoms. The minimum absolute atomic E-state index is 0.0796. The molecule has 1 aliphatic heterocycles. The maximum Gasteiger partial charge on any atom is 0.295 e. The number of rotatable bonds is 8. The second-order valence-corrected chi connectivity index (χ2v) is 8.25. The number of aliphatic hydroxyl groups is 1. The number of hydrogen-bond donors (Lipinski definition) is 1. The van der Waals surface area contributed by atoms with Crippen LogP contribution in [0.1, 0.15) is 48.6 Å². The first kappa shape index (κ1) is 23.2. The zero-order valence-corrected chi connectivity index (χ0v) is 19.4. The first-order valence-electron chi connectivity index (χ1n) is 11.5. The van der Waals surface area contributed by atoms with Gasteiger partial charge in [-0.15, -0.1) is 0 Å². The zero-order valence-electron chi connectivity index (χ0n) is 19.4. The van der Waals surface area contributed by atoms with Gasteiger partial charge in [0.1, 0.15) is 11.5 Å². The maximum atomic E-state index is 13.2. The predicted molar refractivity (Wildman–Crippen MR) is 130 cm³/mol. The van der Waals surface area contributed by atoms with Gasteiger partial charge in [0.15, 0.2) is 0 Å². The molecule has 4 rings (SSSR count). The van der Waals surface area contributed by atoms with Crippen LogP contribution in [-0.2, 0) is 22.6 Å². The van der Waals surface area contributed by atoms with Crippen molar-refractivity contribution in [2.45, 2.75) is 39.3 Å². The van der Waals surface area contributed by atoms with Crippen LogP contribution in [0.2, 0.25) is 0 Å². The normalized spacial score (nSPS) is 17.2. The largest absolute Gasteiger partial charge is 0.507 e. The van der Waals surface area contributed by atoms with E-state index >= 15 is 0 Å². The summed E-state index contributed by atoms with van der Waals surface area (Å²) in [5.74, 6) is -0.944. The van der Waals surface area contributed by atoms with E-state index < -0.39 is 17.7 Å². The van der Waals surface area contributed by atoms with Gasteiger partial charge in [-0.1, -0.05) is 50.2 Å². The molecule has 2 aromatic carbocycles. The number of aromatic nitrogens is 1. The molecule has 1 N–H and O–H groups in total. The zero-order chi connectivity index (χ0) is 24.1. The Labute approximate surface area is 199 Å². The van der Waals surface area contributed by atoms with Crippen molar-refractivity contribution in [1.82, 2.24) is 9.88 Å². The fourth-order valence-corrected chi connectivity index (χ4v) is 4.12. The molecule has 34 heavy (non-hydrogen) atoms. The van der Waals surface area contributed by atoms with Crippen molar-refractivity contribution in [1.29, 1.82) is 0 Å². The van der Waals surface area contributed by atoms with Crippen LogP contribution < -0.4 is 4.74 Å². The summed E-state index contributed by atoms with van der Waals surface area (Å²) >= 11 is 0. The molecule has 3 aromatic rings. The Hall–Kier alpha value is -3.93. The van der Waals surface area contributed by atoms with Gasteiger partial charge in [0.05, 0.1) is 18.2 Å². The molecule has 1 saturated heterocycles. The number of carbonyl (C=O) groups excluding carboxylic acids is 2. The van der Waals surface area contributed by atoms with Crippen molar-refractivity contribution >= 4 is 17.4 Å². The van der Waals surface area contributed by atoms with E-state index in [-0.39, 0.29) is 17.9 Å². The highest BCUT2D eigenvalue weighted by molar-refractivity contribution is 6.46. The van der Waals surface area contributed by atoms with Crippen molar-refractivity contribution in [3.8, 4) is 5.75 Å². The molecule has 6 nitrogen and oxygen atoms in total. The summed E-state index contributed by atoms with van der Waals surface area (Å²) in [6.07, 6.45) is 5.03. The second-order valence-electron chi connectivity index (χ2n) is 8.25. The number of nitrogens with zero attached hydrogens (tertiary/aromatic N) is 2. The van der Waals surface area contributed by atoms with Crippen molar-refractivity contribution in [2.75, 3.05) is 6.61 Å². The quantitative estimate of drug-likeness (QED) is 0.291. The second kappa shape index (κ2) is 10.3. The van der Waals surface area contributed by atoms with E-state index in [0.29, 0.717) is 17.9 Å². The Morgan fingerprint density at radius 3 is 2.41 bits per heavy atom. The third-order valence-corrected chi connectivity index (χ3v) is 5.93. The van der Waals surface area contributed by atoms with E-state index in [4.69, 9.17) is 4.74 Å². The summed E-state index contributed by atoms with van der Waals surface area (Å²) in [6, 6.07) is 17.7. The van der Waals surface area contributed by atoms with E-state index in [1.54, 1.807) is 36.7 Å². The summed E-state index contributed by atoms with van der Waals surface area (Å²) in [6.45, 7) is 4.85. The van der Waals surface area contributed by atoms with Crippen LogP contribution in [0.15, 0.2) is 78.6 Å². The monoisotopic (exact) mass is 456 g/mol. The lowest BCUT2D eigenvalue weighted by Crippen LogP contribution is -2.29. The lowest BCUT2D eigenvalue weighted by atomic mass is 9.94. The SMILES string of the molecule is CCCOc1cccc(C(O)=C2C(=O)C(=O)N(Cc3ccncc3)C2c2ccc(CC)cc2)c1. The molecule has 1 atom stereocenters. The molecular formula is C28H28N2O4. The predicted octanol–water partition coefficient (Wildman–Crippen LogP) is 5.05. The summed E-state index contributed by atoms with van der Waals surface area (Å²) in [4.78, 5) is 31.9. The topological polar surface area (TPSA) is 79.7 Å². The van der Waals surface area contributed by atoms with E-state index in [2.05, 4.69) is 11.9 Å². The molecular weight excluding hydrogens is 428 g/mol. The fraction of sp³-hybridized carbons (Fsp3) is 0.250. The summed E-state index contributed by atoms with van der Waals surface area (Å²) < 4.78 is 5.69. The Bertz CT molecular complexity index is 1200. The van der Waals surface area contributed by atoms with Crippen LogP contribution in [-0.4, -0.2) is 33.3 Å². The molecule has 1 aliphatic rings. The summed E-state index contributed by atoms with van der Waals surface area (Å²) in [5.41, 5.74) is 3.28. The van der Waals surface area contributed by atoms with Gasteiger partial charge in [-0.05, 0) is 53.8 Å². The number of carbonyl (C=O) groups is 2. The first-order valence-corrected chi connectivity index (χ1v) is 11.5. The van der Waals surface area contributed by atoms with Crippen LogP contribution in [0.5, 0.6) is 5.75 Å². The number of ketones is 1. The van der Waals surface area contributed by atoms with Gasteiger partial charge in [-0.3, -0.25) is 14.6 Å². The Morgan fingerprint density at radius 1 is 1.00 bits per heavy atom. The molecule has 1 aromatic heterocycles. The smallest absolute Gasteiger partial charge is 0.295 e. The average molecular weight is 457 g/mol. The third-order valence-electron chi connectivity index (χ3n) is 5.93. The highest BCUT2D eigenvalue weighted by atomic mass is 16.5. The summed E-state index contributed by atoms with van der Waals surface area (Å²) in [5, 5.41) is 11.3. The average Bonchev–Trinajstić information content (AvgIpc) is 3.12. The minimum Gasteiger partial charge on any atom is -0.507 e. The molecule has 0 aliphatic carbocycles. The molecule has 1 amide bonds. The Balaban J connectivity index is 1.81. The van der Waals surface area contributed by atoms with Gasteiger partial charge < -0.3 is 14.7 Å². The van der Waals surface area contributed by atoms with Gasteiger partial charge >= 0.3 is 0 Å². The fourth-order valence-electron chi connectivity index (χ4n) is 4.12. The van der Waals surface area contributed by atoms with Crippen molar-refractivity contribution in [3.05, 3.63) is 101 Å². The molecule has 174 valence electrons. The van der Waals surface area contributed by atoms with Crippen LogP contribution in [0.3, 0.4) is 0 Å². The number of hydrogen-bond acceptors (Lipinski definition) is 5. The highest BCUT2D eigenvalue weighted by Gasteiger charge is 2.46. The van der Waals surface area contributed by atoms with Gasteiger partial charge in [-0.25, -0.2) is 0 Å². The highest BCUT2D eigenvalue weighted by Crippen LogP contribution is 2.40. The Kier molecular flexibility index (Phi) is 7.07. The van der Waals surface area contributed by atoms with Gasteiger partial charge in [0.25, 0.3) is 11.7 Å². The molecule has 2 heterocycles. The van der Waals surface area contributed by atoms with E-state index in [1.165, 1.54) is 4.90 Å². The van der Waals surface area contributed by atoms with E-state index in [9.17, 15) is 14.7 Å². The van der Waals surface area contributed by atoms with E-state index in [1.807, 2.05) is 43.3 Å². The number of Topliss-reactive ketones (excluding diaryl/α,β-unsaturated/α-hetero) is 1. The molecule has 0 bridgehead atoms. The molecule has 0 spiro atoms. The van der Waals surface area contributed by atoms with Crippen LogP contribution in [0, 0.1) is 0 Å². The number of pyridine rings is 1. The number of benzene rings is 2. The van der Waals surface area contributed by atoms with Crippen molar-refractivity contribution in [3.63, 3.8) is 0 Å². The molecule has 1 unspecified atom stereocenters. The number of ether oxygens (including phenoxy) is 1. The lowest BCUT2D eigenvalue weighted by Gasteiger charge is -2.25. The van der Waals surface area contributed by atoms with Gasteiger partial charge in [-0.2, -0.15) is 0 Å². The van der Waals surface area contributed by atoms with Crippen LogP contribution in [0.4, 0.5) is 0 Å². The minimum atomic E-state index is -0.709. The van der Waals surface area contributed by atoms with E-state index in [0.717, 1.165) is 29.5 Å². The standard InChI is InChI=1S/C28H28N2O4/c1-3-16-34-23-7-5-6-22(17-23)26(31)24-25(21-10-8-19(4-2)9-11-21)30(28(33)27(24)32)18-20-12-14-29-15-13-20/h5-15,17,25,31H,3-4,16,18H2,1-2H3. The number of likely N-dealkylation sites (tertiary alicyclic amines) is 1. The lowest BCUT2D eigenvalue weighted by molar-refractivity contribution is -0.140.